The topological polar surface area (TPSA) is 64.6 Å². The van der Waals surface area contributed by atoms with Crippen LogP contribution in [-0.4, -0.2) is 32.2 Å². The van der Waals surface area contributed by atoms with E-state index in [1.807, 2.05) is 37.3 Å². The van der Waals surface area contributed by atoms with Crippen molar-refractivity contribution in [3.63, 3.8) is 0 Å². The SMILES string of the molecule is CC[C@H](C(=O)OC)[C@H](NCc1ccccc1)C(=O)OC. The molecule has 1 aromatic rings. The zero-order valence-corrected chi connectivity index (χ0v) is 12.1. The maximum atomic E-state index is 11.9. The molecule has 0 amide bonds. The molecule has 0 heterocycles. The Morgan fingerprint density at radius 3 is 2.20 bits per heavy atom. The second kappa shape index (κ2) is 8.32. The van der Waals surface area contributed by atoms with E-state index in [1.54, 1.807) is 0 Å². The summed E-state index contributed by atoms with van der Waals surface area (Å²) in [6.45, 7) is 2.32. The normalized spacial score (nSPS) is 13.3. The molecule has 0 unspecified atom stereocenters. The molecule has 110 valence electrons. The summed E-state index contributed by atoms with van der Waals surface area (Å²) in [6.07, 6.45) is 0.494. The third-order valence-electron chi connectivity index (χ3n) is 3.17. The molecule has 5 nitrogen and oxygen atoms in total. The summed E-state index contributed by atoms with van der Waals surface area (Å²) in [5, 5.41) is 3.08. The highest BCUT2D eigenvalue weighted by Gasteiger charge is 2.33. The van der Waals surface area contributed by atoms with Gasteiger partial charge in [0, 0.05) is 6.54 Å². The minimum Gasteiger partial charge on any atom is -0.469 e. The van der Waals surface area contributed by atoms with E-state index in [9.17, 15) is 9.59 Å². The van der Waals surface area contributed by atoms with Crippen molar-refractivity contribution in [1.82, 2.24) is 5.32 Å². The Bertz CT molecular complexity index is 433. The van der Waals surface area contributed by atoms with Gasteiger partial charge in [0.2, 0.25) is 0 Å². The van der Waals surface area contributed by atoms with Gasteiger partial charge >= 0.3 is 11.9 Å². The van der Waals surface area contributed by atoms with Gasteiger partial charge in [0.25, 0.3) is 0 Å². The van der Waals surface area contributed by atoms with Crippen LogP contribution in [0.4, 0.5) is 0 Å². The van der Waals surface area contributed by atoms with Gasteiger partial charge in [-0.15, -0.1) is 0 Å². The van der Waals surface area contributed by atoms with Crippen molar-refractivity contribution in [2.24, 2.45) is 5.92 Å². The maximum absolute atomic E-state index is 11.9. The molecular formula is C15H21NO4. The molecule has 0 saturated heterocycles. The summed E-state index contributed by atoms with van der Waals surface area (Å²) in [6, 6.07) is 8.94. The highest BCUT2D eigenvalue weighted by Crippen LogP contribution is 2.13. The molecule has 2 atom stereocenters. The standard InChI is InChI=1S/C15H21NO4/c1-4-12(14(17)19-2)13(15(18)20-3)16-10-11-8-6-5-7-9-11/h5-9,12-13,16H,4,10H2,1-3H3/t12-,13-/m0/s1. The van der Waals surface area contributed by atoms with E-state index in [1.165, 1.54) is 14.2 Å². The molecule has 0 bridgehead atoms. The summed E-state index contributed by atoms with van der Waals surface area (Å²) < 4.78 is 9.51. The number of hydrogen-bond acceptors (Lipinski definition) is 5. The Balaban J connectivity index is 2.78. The van der Waals surface area contributed by atoms with Crippen molar-refractivity contribution in [2.75, 3.05) is 14.2 Å². The van der Waals surface area contributed by atoms with Crippen molar-refractivity contribution in [2.45, 2.75) is 25.9 Å². The fourth-order valence-corrected chi connectivity index (χ4v) is 2.03. The van der Waals surface area contributed by atoms with E-state index < -0.39 is 23.9 Å². The van der Waals surface area contributed by atoms with Crippen LogP contribution in [0.25, 0.3) is 0 Å². The van der Waals surface area contributed by atoms with Crippen molar-refractivity contribution >= 4 is 11.9 Å². The Morgan fingerprint density at radius 1 is 1.10 bits per heavy atom. The molecular weight excluding hydrogens is 258 g/mol. The fraction of sp³-hybridized carbons (Fsp3) is 0.467. The molecule has 0 aliphatic carbocycles. The third kappa shape index (κ3) is 4.35. The van der Waals surface area contributed by atoms with Gasteiger partial charge in [-0.2, -0.15) is 0 Å². The van der Waals surface area contributed by atoms with Crippen LogP contribution in [0.3, 0.4) is 0 Å². The number of carbonyl (C=O) groups is 2. The van der Waals surface area contributed by atoms with Gasteiger partial charge in [-0.25, -0.2) is 0 Å². The lowest BCUT2D eigenvalue weighted by Gasteiger charge is -2.23. The molecule has 0 radical (unpaired) electrons. The molecule has 5 heteroatoms. The summed E-state index contributed by atoms with van der Waals surface area (Å²) in [4.78, 5) is 23.6. The van der Waals surface area contributed by atoms with E-state index in [4.69, 9.17) is 9.47 Å². The first-order chi connectivity index (χ1) is 9.63. The molecule has 1 N–H and O–H groups in total. The van der Waals surface area contributed by atoms with Crippen LogP contribution in [0.5, 0.6) is 0 Å². The molecule has 0 aromatic heterocycles. The predicted molar refractivity (Wildman–Crippen MR) is 74.9 cm³/mol. The van der Waals surface area contributed by atoms with Crippen LogP contribution in [0.15, 0.2) is 30.3 Å². The second-order valence-corrected chi connectivity index (χ2v) is 4.41. The number of esters is 2. The van der Waals surface area contributed by atoms with Crippen LogP contribution in [0.1, 0.15) is 18.9 Å². The van der Waals surface area contributed by atoms with Gasteiger partial charge in [0.15, 0.2) is 0 Å². The van der Waals surface area contributed by atoms with Gasteiger partial charge in [-0.3, -0.25) is 14.9 Å². The van der Waals surface area contributed by atoms with Crippen LogP contribution in [-0.2, 0) is 25.6 Å². The highest BCUT2D eigenvalue weighted by atomic mass is 16.5. The first-order valence-corrected chi connectivity index (χ1v) is 6.57. The Morgan fingerprint density at radius 2 is 1.70 bits per heavy atom. The number of ether oxygens (including phenoxy) is 2. The average Bonchev–Trinajstić information content (AvgIpc) is 2.51. The summed E-state index contributed by atoms with van der Waals surface area (Å²) in [5.74, 6) is -1.43. The third-order valence-corrected chi connectivity index (χ3v) is 3.17. The van der Waals surface area contributed by atoms with E-state index in [0.29, 0.717) is 13.0 Å². The molecule has 1 aromatic carbocycles. The molecule has 0 saturated carbocycles. The van der Waals surface area contributed by atoms with Crippen molar-refractivity contribution in [3.05, 3.63) is 35.9 Å². The quantitative estimate of drug-likeness (QED) is 0.767. The fourth-order valence-electron chi connectivity index (χ4n) is 2.03. The number of rotatable bonds is 7. The number of carbonyl (C=O) groups excluding carboxylic acids is 2. The lowest BCUT2D eigenvalue weighted by molar-refractivity contribution is -0.155. The van der Waals surface area contributed by atoms with Crippen molar-refractivity contribution < 1.29 is 19.1 Å². The smallest absolute Gasteiger partial charge is 0.323 e. The van der Waals surface area contributed by atoms with Crippen molar-refractivity contribution in [3.8, 4) is 0 Å². The lowest BCUT2D eigenvalue weighted by atomic mass is 9.96. The summed E-state index contributed by atoms with van der Waals surface area (Å²) in [5.41, 5.74) is 1.03. The number of methoxy groups -OCH3 is 2. The summed E-state index contributed by atoms with van der Waals surface area (Å²) in [7, 11) is 2.63. The van der Waals surface area contributed by atoms with E-state index in [-0.39, 0.29) is 0 Å². The van der Waals surface area contributed by atoms with Gasteiger partial charge in [0.05, 0.1) is 20.1 Å². The zero-order valence-electron chi connectivity index (χ0n) is 12.1. The van der Waals surface area contributed by atoms with Crippen LogP contribution in [0.2, 0.25) is 0 Å². The molecule has 0 aliphatic heterocycles. The minimum atomic E-state index is -0.711. The van der Waals surface area contributed by atoms with Gasteiger partial charge < -0.3 is 9.47 Å². The number of hydrogen-bond donors (Lipinski definition) is 1. The second-order valence-electron chi connectivity index (χ2n) is 4.41. The minimum absolute atomic E-state index is 0.413. The largest absolute Gasteiger partial charge is 0.469 e. The van der Waals surface area contributed by atoms with E-state index >= 15 is 0 Å². The Kier molecular flexibility index (Phi) is 6.73. The molecule has 0 fully saturated rings. The predicted octanol–water partition coefficient (Wildman–Crippen LogP) is 1.52. The zero-order chi connectivity index (χ0) is 15.0. The first-order valence-electron chi connectivity index (χ1n) is 6.57. The van der Waals surface area contributed by atoms with Gasteiger partial charge in [-0.05, 0) is 12.0 Å². The highest BCUT2D eigenvalue weighted by molar-refractivity contribution is 5.84. The maximum Gasteiger partial charge on any atom is 0.323 e. The number of benzene rings is 1. The van der Waals surface area contributed by atoms with E-state index in [2.05, 4.69) is 5.32 Å². The first kappa shape index (κ1) is 16.2. The van der Waals surface area contributed by atoms with E-state index in [0.717, 1.165) is 5.56 Å². The summed E-state index contributed by atoms with van der Waals surface area (Å²) >= 11 is 0. The van der Waals surface area contributed by atoms with Gasteiger partial charge in [0.1, 0.15) is 6.04 Å². The molecule has 0 spiro atoms. The van der Waals surface area contributed by atoms with Crippen LogP contribution in [0, 0.1) is 5.92 Å². The average molecular weight is 279 g/mol. The molecule has 1 rings (SSSR count). The lowest BCUT2D eigenvalue weighted by Crippen LogP contribution is -2.46. The van der Waals surface area contributed by atoms with Crippen LogP contribution < -0.4 is 5.32 Å². The van der Waals surface area contributed by atoms with Gasteiger partial charge in [-0.1, -0.05) is 37.3 Å². The van der Waals surface area contributed by atoms with Crippen LogP contribution >= 0.6 is 0 Å². The molecule has 20 heavy (non-hydrogen) atoms. The van der Waals surface area contributed by atoms with Crippen molar-refractivity contribution in [1.29, 1.82) is 0 Å². The Labute approximate surface area is 119 Å². The molecule has 0 aliphatic rings. The number of nitrogens with one attached hydrogen (secondary N) is 1. The Hall–Kier alpha value is -1.88. The monoisotopic (exact) mass is 279 g/mol.